The maximum Gasteiger partial charge on any atom is 0.348 e. The Bertz CT molecular complexity index is 410. The van der Waals surface area contributed by atoms with Crippen LogP contribution in [0.1, 0.15) is 20.8 Å². The molecule has 0 aliphatic heterocycles. The predicted octanol–water partition coefficient (Wildman–Crippen LogP) is 4.15. The molecule has 0 fully saturated rings. The molecule has 0 amide bonds. The number of anilines is 1. The molecule has 0 aromatic heterocycles. The first-order valence-electron chi connectivity index (χ1n) is 6.34. The fourth-order valence-electron chi connectivity index (χ4n) is 0.976. The number of ether oxygens (including phenoxy) is 1. The number of rotatable bonds is 4. The second kappa shape index (κ2) is 13.6. The van der Waals surface area contributed by atoms with Crippen molar-refractivity contribution in [3.63, 3.8) is 0 Å². The van der Waals surface area contributed by atoms with Crippen LogP contribution in [0, 0.1) is 0 Å². The monoisotopic (exact) mass is 339 g/mol. The highest BCUT2D eigenvalue weighted by Crippen LogP contribution is 2.21. The van der Waals surface area contributed by atoms with Crippen molar-refractivity contribution in [2.75, 3.05) is 19.0 Å². The van der Waals surface area contributed by atoms with Gasteiger partial charge in [-0.3, -0.25) is 4.79 Å². The number of hydrogen-bond donors (Lipinski definition) is 1. The highest BCUT2D eigenvalue weighted by Gasteiger charge is 2.15. The van der Waals surface area contributed by atoms with E-state index in [9.17, 15) is 14.0 Å². The lowest BCUT2D eigenvalue weighted by Crippen LogP contribution is -2.19. The lowest BCUT2D eigenvalue weighted by atomic mass is 10.3. The minimum Gasteiger partial charge on any atom is -0.464 e. The average Bonchev–Trinajstić information content (AvgIpc) is 2.48. The lowest BCUT2D eigenvalue weighted by molar-refractivity contribution is -0.150. The smallest absolute Gasteiger partial charge is 0.348 e. The van der Waals surface area contributed by atoms with E-state index in [-0.39, 0.29) is 12.9 Å². The zero-order valence-corrected chi connectivity index (χ0v) is 14.0. The maximum atomic E-state index is 11.9. The maximum absolute atomic E-state index is 11.9. The number of hydrogen-bond acceptors (Lipinski definition) is 4. The molecule has 1 unspecified atom stereocenters. The third-order valence-electron chi connectivity index (χ3n) is 1.78. The number of aldehydes is 1. The molecule has 0 saturated carbocycles. The number of benzene rings is 1. The molecule has 0 aliphatic carbocycles. The molecule has 1 aromatic rings. The number of carbonyl (C=O) groups is 2. The van der Waals surface area contributed by atoms with Gasteiger partial charge in [0, 0.05) is 22.8 Å². The van der Waals surface area contributed by atoms with Crippen molar-refractivity contribution in [2.45, 2.75) is 26.9 Å². The molecule has 0 heterocycles. The summed E-state index contributed by atoms with van der Waals surface area (Å²) < 4.78 is 16.0. The van der Waals surface area contributed by atoms with Crippen molar-refractivity contribution < 1.29 is 18.7 Å². The van der Waals surface area contributed by atoms with Gasteiger partial charge in [0.15, 0.2) is 6.29 Å². The van der Waals surface area contributed by atoms with Crippen LogP contribution in [0.15, 0.2) is 18.2 Å². The zero-order valence-electron chi connectivity index (χ0n) is 12.5. The van der Waals surface area contributed by atoms with E-state index in [0.717, 1.165) is 5.69 Å². The Kier molecular flexibility index (Phi) is 14.3. The second-order valence-electron chi connectivity index (χ2n) is 3.20. The fourth-order valence-corrected chi connectivity index (χ4v) is 1.50. The Morgan fingerprint density at radius 3 is 2.14 bits per heavy atom. The minimum absolute atomic E-state index is 0.0904. The molecule has 0 saturated heterocycles. The van der Waals surface area contributed by atoms with Gasteiger partial charge in [-0.25, -0.2) is 9.18 Å². The molecule has 4 nitrogen and oxygen atoms in total. The minimum atomic E-state index is -2.12. The molecule has 0 aliphatic rings. The van der Waals surface area contributed by atoms with Crippen LogP contribution < -0.4 is 5.32 Å². The van der Waals surface area contributed by atoms with Crippen LogP contribution in [0.2, 0.25) is 10.0 Å². The van der Waals surface area contributed by atoms with E-state index in [1.807, 2.05) is 33.0 Å². The van der Waals surface area contributed by atoms with E-state index in [4.69, 9.17) is 23.2 Å². The quantitative estimate of drug-likeness (QED) is 0.508. The molecule has 0 spiro atoms. The lowest BCUT2D eigenvalue weighted by Gasteiger charge is -1.99. The molecule has 1 atom stereocenters. The highest BCUT2D eigenvalue weighted by molar-refractivity contribution is 6.35. The van der Waals surface area contributed by atoms with E-state index < -0.39 is 12.1 Å². The number of halogens is 3. The molecule has 0 bridgehead atoms. The van der Waals surface area contributed by atoms with Gasteiger partial charge in [0.25, 0.3) is 6.17 Å². The van der Waals surface area contributed by atoms with Crippen LogP contribution in [0.25, 0.3) is 0 Å². The Balaban J connectivity index is 0. The van der Waals surface area contributed by atoms with E-state index in [1.165, 1.54) is 6.92 Å². The summed E-state index contributed by atoms with van der Waals surface area (Å²) in [4.78, 5) is 19.7. The SMILES string of the molecule is CC.CCOC(=O)C(F)C=O.CNc1cc(Cl)cc(Cl)c1. The van der Waals surface area contributed by atoms with Crippen molar-refractivity contribution in [2.24, 2.45) is 0 Å². The average molecular weight is 340 g/mol. The van der Waals surface area contributed by atoms with Crippen molar-refractivity contribution >= 4 is 41.1 Å². The zero-order chi connectivity index (χ0) is 16.8. The summed E-state index contributed by atoms with van der Waals surface area (Å²) in [6.45, 7) is 5.63. The van der Waals surface area contributed by atoms with Crippen molar-refractivity contribution in [1.82, 2.24) is 0 Å². The van der Waals surface area contributed by atoms with Gasteiger partial charge in [-0.1, -0.05) is 37.0 Å². The summed E-state index contributed by atoms with van der Waals surface area (Å²) in [5.74, 6) is -1.12. The summed E-state index contributed by atoms with van der Waals surface area (Å²) in [5.41, 5.74) is 0.928. The first-order valence-corrected chi connectivity index (χ1v) is 7.10. The second-order valence-corrected chi connectivity index (χ2v) is 4.07. The van der Waals surface area contributed by atoms with Crippen LogP contribution in [0.5, 0.6) is 0 Å². The number of carbonyl (C=O) groups excluding carboxylic acids is 2. The molecule has 7 heteroatoms. The Morgan fingerprint density at radius 1 is 1.33 bits per heavy atom. The molecular formula is C14H20Cl2FNO3. The fraction of sp³-hybridized carbons (Fsp3) is 0.429. The van der Waals surface area contributed by atoms with Gasteiger partial charge >= 0.3 is 5.97 Å². The summed E-state index contributed by atoms with van der Waals surface area (Å²) in [5, 5.41) is 4.24. The predicted molar refractivity (Wildman–Crippen MR) is 84.9 cm³/mol. The first kappa shape index (κ1) is 22.0. The number of alkyl halides is 1. The van der Waals surface area contributed by atoms with Crippen molar-refractivity contribution in [3.05, 3.63) is 28.2 Å². The van der Waals surface area contributed by atoms with E-state index in [2.05, 4.69) is 10.1 Å². The largest absolute Gasteiger partial charge is 0.464 e. The third kappa shape index (κ3) is 11.0. The standard InChI is InChI=1S/C7H7Cl2N.C5H7FO3.C2H6/c1-10-7-3-5(8)2-6(9)4-7;1-2-9-5(8)4(6)3-7;1-2/h2-4,10H,1H3;3-4H,2H2,1H3;1-2H3. The topological polar surface area (TPSA) is 55.4 Å². The van der Waals surface area contributed by atoms with Gasteiger partial charge in [0.1, 0.15) is 0 Å². The van der Waals surface area contributed by atoms with Gasteiger partial charge in [0.05, 0.1) is 6.61 Å². The van der Waals surface area contributed by atoms with Gasteiger partial charge in [-0.15, -0.1) is 0 Å². The Morgan fingerprint density at radius 2 is 1.81 bits per heavy atom. The summed E-state index contributed by atoms with van der Waals surface area (Å²) in [6, 6.07) is 5.32. The van der Waals surface area contributed by atoms with Gasteiger partial charge in [-0.05, 0) is 25.1 Å². The molecule has 21 heavy (non-hydrogen) atoms. The Hall–Kier alpha value is -1.33. The summed E-state index contributed by atoms with van der Waals surface area (Å²) in [6.07, 6.45) is -2.22. The Labute approximate surface area is 134 Å². The van der Waals surface area contributed by atoms with Crippen LogP contribution in [-0.4, -0.2) is 32.1 Å². The van der Waals surface area contributed by atoms with E-state index in [1.54, 1.807) is 6.07 Å². The first-order chi connectivity index (χ1) is 9.94. The van der Waals surface area contributed by atoms with Gasteiger partial charge < -0.3 is 10.1 Å². The molecule has 0 radical (unpaired) electrons. The molecule has 1 N–H and O–H groups in total. The van der Waals surface area contributed by atoms with Crippen molar-refractivity contribution in [3.8, 4) is 0 Å². The normalized spacial score (nSPS) is 10.0. The van der Waals surface area contributed by atoms with Crippen molar-refractivity contribution in [1.29, 1.82) is 0 Å². The van der Waals surface area contributed by atoms with E-state index >= 15 is 0 Å². The van der Waals surface area contributed by atoms with Crippen LogP contribution in [0.3, 0.4) is 0 Å². The highest BCUT2D eigenvalue weighted by atomic mass is 35.5. The number of nitrogens with one attached hydrogen (secondary N) is 1. The van der Waals surface area contributed by atoms with Gasteiger partial charge in [-0.2, -0.15) is 0 Å². The van der Waals surface area contributed by atoms with Gasteiger partial charge in [0.2, 0.25) is 0 Å². The van der Waals surface area contributed by atoms with E-state index in [0.29, 0.717) is 10.0 Å². The van der Waals surface area contributed by atoms with Crippen LogP contribution in [-0.2, 0) is 14.3 Å². The molecule has 1 aromatic carbocycles. The third-order valence-corrected chi connectivity index (χ3v) is 2.22. The van der Waals surface area contributed by atoms with Crippen LogP contribution >= 0.6 is 23.2 Å². The van der Waals surface area contributed by atoms with Crippen LogP contribution in [0.4, 0.5) is 10.1 Å². The molecule has 120 valence electrons. The summed E-state index contributed by atoms with van der Waals surface area (Å²) in [7, 11) is 1.82. The molecule has 1 rings (SSSR count). The number of esters is 1. The summed E-state index contributed by atoms with van der Waals surface area (Å²) >= 11 is 11.4. The molecular weight excluding hydrogens is 320 g/mol.